The van der Waals surface area contributed by atoms with Crippen molar-refractivity contribution in [2.24, 2.45) is 0 Å². The van der Waals surface area contributed by atoms with E-state index in [2.05, 4.69) is 15.1 Å². The Morgan fingerprint density at radius 1 is 1.11 bits per heavy atom. The van der Waals surface area contributed by atoms with Crippen LogP contribution in [-0.4, -0.2) is 24.1 Å². The molecule has 27 heavy (non-hydrogen) atoms. The first-order valence-corrected chi connectivity index (χ1v) is 9.90. The van der Waals surface area contributed by atoms with E-state index in [-0.39, 0.29) is 10.8 Å². The minimum atomic E-state index is -3.76. The molecule has 0 fully saturated rings. The zero-order chi connectivity index (χ0) is 19.4. The number of rotatable bonds is 6. The lowest BCUT2D eigenvalue weighted by atomic mass is 10.2. The molecule has 3 rings (SSSR count). The fraction of sp³-hybridized carbons (Fsp3) is 0.111. The van der Waals surface area contributed by atoms with Gasteiger partial charge >= 0.3 is 0 Å². The SMILES string of the molecule is CC(C(=O)Nc1cccc(NS(=O)(=O)c2ccc(Cl)cc2)c1)n1cccn1. The summed E-state index contributed by atoms with van der Waals surface area (Å²) in [6, 6.07) is 13.5. The van der Waals surface area contributed by atoms with Crippen molar-refractivity contribution in [1.29, 1.82) is 0 Å². The Morgan fingerprint density at radius 2 is 1.81 bits per heavy atom. The van der Waals surface area contributed by atoms with Crippen LogP contribution in [0.2, 0.25) is 5.02 Å². The molecule has 0 aliphatic heterocycles. The van der Waals surface area contributed by atoms with Gasteiger partial charge in [0.05, 0.1) is 10.6 Å². The van der Waals surface area contributed by atoms with Crippen molar-refractivity contribution < 1.29 is 13.2 Å². The fourth-order valence-electron chi connectivity index (χ4n) is 2.36. The zero-order valence-corrected chi connectivity index (χ0v) is 15.9. The molecule has 3 aromatic rings. The van der Waals surface area contributed by atoms with E-state index >= 15 is 0 Å². The molecule has 1 atom stereocenters. The van der Waals surface area contributed by atoms with Crippen LogP contribution in [0.4, 0.5) is 11.4 Å². The minimum Gasteiger partial charge on any atom is -0.324 e. The smallest absolute Gasteiger partial charge is 0.261 e. The van der Waals surface area contributed by atoms with Gasteiger partial charge in [0, 0.05) is 23.1 Å². The van der Waals surface area contributed by atoms with Gasteiger partial charge in [-0.15, -0.1) is 0 Å². The number of amides is 1. The second-order valence-corrected chi connectivity index (χ2v) is 7.91. The summed E-state index contributed by atoms with van der Waals surface area (Å²) in [4.78, 5) is 12.4. The molecule has 0 saturated carbocycles. The molecule has 7 nitrogen and oxygen atoms in total. The van der Waals surface area contributed by atoms with Crippen LogP contribution in [0.3, 0.4) is 0 Å². The number of benzene rings is 2. The molecule has 0 aliphatic rings. The van der Waals surface area contributed by atoms with E-state index in [1.54, 1.807) is 49.6 Å². The summed E-state index contributed by atoms with van der Waals surface area (Å²) < 4.78 is 28.9. The maximum absolute atomic E-state index is 12.5. The summed E-state index contributed by atoms with van der Waals surface area (Å²) in [5.74, 6) is -0.267. The zero-order valence-electron chi connectivity index (χ0n) is 14.3. The molecule has 1 aromatic heterocycles. The van der Waals surface area contributed by atoms with E-state index in [1.807, 2.05) is 0 Å². The van der Waals surface area contributed by atoms with Crippen molar-refractivity contribution >= 4 is 38.9 Å². The van der Waals surface area contributed by atoms with Gasteiger partial charge in [-0.3, -0.25) is 14.2 Å². The van der Waals surface area contributed by atoms with E-state index in [0.29, 0.717) is 16.4 Å². The predicted octanol–water partition coefficient (Wildman–Crippen LogP) is 3.54. The minimum absolute atomic E-state index is 0.0913. The van der Waals surface area contributed by atoms with Gasteiger partial charge in [0.15, 0.2) is 0 Å². The van der Waals surface area contributed by atoms with E-state index in [9.17, 15) is 13.2 Å². The second-order valence-electron chi connectivity index (χ2n) is 5.79. The molecule has 0 aliphatic carbocycles. The highest BCUT2D eigenvalue weighted by atomic mass is 35.5. The number of halogens is 1. The molecule has 2 aromatic carbocycles. The van der Waals surface area contributed by atoms with Gasteiger partial charge in [-0.1, -0.05) is 17.7 Å². The van der Waals surface area contributed by atoms with Crippen molar-refractivity contribution in [2.45, 2.75) is 17.9 Å². The van der Waals surface area contributed by atoms with Gasteiger partial charge in [0.2, 0.25) is 5.91 Å². The largest absolute Gasteiger partial charge is 0.324 e. The van der Waals surface area contributed by atoms with Crippen LogP contribution in [0.25, 0.3) is 0 Å². The summed E-state index contributed by atoms with van der Waals surface area (Å²) in [5.41, 5.74) is 0.796. The second kappa shape index (κ2) is 7.81. The molecule has 1 unspecified atom stereocenters. The summed E-state index contributed by atoms with van der Waals surface area (Å²) in [5, 5.41) is 7.24. The summed E-state index contributed by atoms with van der Waals surface area (Å²) in [6.45, 7) is 1.72. The van der Waals surface area contributed by atoms with Crippen LogP contribution >= 0.6 is 11.6 Å². The standard InChI is InChI=1S/C18H17ClN4O3S/c1-13(23-11-3-10-20-23)18(24)21-15-4-2-5-16(12-15)22-27(25,26)17-8-6-14(19)7-9-17/h2-13,22H,1H3,(H,21,24). The van der Waals surface area contributed by atoms with Gasteiger partial charge in [-0.05, 0) is 55.5 Å². The summed E-state index contributed by atoms with van der Waals surface area (Å²) >= 11 is 5.79. The third kappa shape index (κ3) is 4.66. The molecule has 140 valence electrons. The number of hydrogen-bond acceptors (Lipinski definition) is 4. The Hall–Kier alpha value is -2.84. The molecule has 1 amide bonds. The van der Waals surface area contributed by atoms with Crippen molar-refractivity contribution in [3.63, 3.8) is 0 Å². The third-order valence-electron chi connectivity index (χ3n) is 3.81. The number of carbonyl (C=O) groups excluding carboxylic acids is 1. The number of anilines is 2. The Bertz CT molecular complexity index is 1030. The Kier molecular flexibility index (Phi) is 5.48. The average Bonchev–Trinajstić information content (AvgIpc) is 3.16. The number of aromatic nitrogens is 2. The van der Waals surface area contributed by atoms with E-state index in [0.717, 1.165) is 0 Å². The van der Waals surface area contributed by atoms with E-state index in [1.165, 1.54) is 28.9 Å². The first-order chi connectivity index (χ1) is 12.8. The lowest BCUT2D eigenvalue weighted by molar-refractivity contribution is -0.119. The normalized spacial score (nSPS) is 12.4. The molecule has 9 heteroatoms. The molecule has 1 heterocycles. The molecular formula is C18H17ClN4O3S. The van der Waals surface area contributed by atoms with Crippen LogP contribution in [0.15, 0.2) is 71.9 Å². The number of nitrogens with one attached hydrogen (secondary N) is 2. The number of hydrogen-bond donors (Lipinski definition) is 2. The van der Waals surface area contributed by atoms with Gasteiger partial charge in [-0.2, -0.15) is 5.10 Å². The Labute approximate surface area is 162 Å². The first kappa shape index (κ1) is 18.9. The lowest BCUT2D eigenvalue weighted by Gasteiger charge is -2.14. The fourth-order valence-corrected chi connectivity index (χ4v) is 3.54. The number of nitrogens with zero attached hydrogens (tertiary/aromatic N) is 2. The summed E-state index contributed by atoms with van der Waals surface area (Å²) in [6.07, 6.45) is 3.29. The molecule has 0 bridgehead atoms. The maximum Gasteiger partial charge on any atom is 0.261 e. The number of carbonyl (C=O) groups is 1. The highest BCUT2D eigenvalue weighted by Gasteiger charge is 2.17. The van der Waals surface area contributed by atoms with Gasteiger partial charge < -0.3 is 5.32 Å². The lowest BCUT2D eigenvalue weighted by Crippen LogP contribution is -2.24. The quantitative estimate of drug-likeness (QED) is 0.657. The topological polar surface area (TPSA) is 93.1 Å². The monoisotopic (exact) mass is 404 g/mol. The molecule has 0 spiro atoms. The summed E-state index contributed by atoms with van der Waals surface area (Å²) in [7, 11) is -3.76. The Morgan fingerprint density at radius 3 is 2.48 bits per heavy atom. The van der Waals surface area contributed by atoms with Crippen molar-refractivity contribution in [3.05, 3.63) is 72.0 Å². The van der Waals surface area contributed by atoms with Crippen LogP contribution in [-0.2, 0) is 14.8 Å². The van der Waals surface area contributed by atoms with Crippen molar-refractivity contribution in [3.8, 4) is 0 Å². The Balaban J connectivity index is 1.73. The number of sulfonamides is 1. The van der Waals surface area contributed by atoms with Gasteiger partial charge in [0.1, 0.15) is 6.04 Å². The van der Waals surface area contributed by atoms with Gasteiger partial charge in [-0.25, -0.2) is 8.42 Å². The van der Waals surface area contributed by atoms with Crippen molar-refractivity contribution in [2.75, 3.05) is 10.0 Å². The molecule has 2 N–H and O–H groups in total. The van der Waals surface area contributed by atoms with Gasteiger partial charge in [0.25, 0.3) is 10.0 Å². The molecular weight excluding hydrogens is 388 g/mol. The highest BCUT2D eigenvalue weighted by Crippen LogP contribution is 2.21. The van der Waals surface area contributed by atoms with Crippen molar-refractivity contribution in [1.82, 2.24) is 9.78 Å². The van der Waals surface area contributed by atoms with Crippen LogP contribution in [0.5, 0.6) is 0 Å². The van der Waals surface area contributed by atoms with Crippen LogP contribution in [0, 0.1) is 0 Å². The average molecular weight is 405 g/mol. The molecule has 0 radical (unpaired) electrons. The van der Waals surface area contributed by atoms with E-state index in [4.69, 9.17) is 11.6 Å². The van der Waals surface area contributed by atoms with E-state index < -0.39 is 16.1 Å². The third-order valence-corrected chi connectivity index (χ3v) is 5.46. The predicted molar refractivity (Wildman–Crippen MR) is 104 cm³/mol. The maximum atomic E-state index is 12.5. The highest BCUT2D eigenvalue weighted by molar-refractivity contribution is 7.92. The first-order valence-electron chi connectivity index (χ1n) is 8.03. The van der Waals surface area contributed by atoms with Crippen LogP contribution < -0.4 is 10.0 Å². The van der Waals surface area contributed by atoms with Crippen LogP contribution in [0.1, 0.15) is 13.0 Å². The molecule has 0 saturated heterocycles.